The first-order valence-electron chi connectivity index (χ1n) is 4.09. The van der Waals surface area contributed by atoms with Gasteiger partial charge in [0.15, 0.2) is 5.82 Å². The first-order valence-corrected chi connectivity index (χ1v) is 4.09. The Morgan fingerprint density at radius 2 is 2.13 bits per heavy atom. The summed E-state index contributed by atoms with van der Waals surface area (Å²) >= 11 is 0. The summed E-state index contributed by atoms with van der Waals surface area (Å²) in [5.74, 6) is -1.50. The Morgan fingerprint density at radius 3 is 2.60 bits per heavy atom. The largest absolute Gasteiger partial charge is 0.331 e. The molecule has 4 amide bonds. The zero-order valence-corrected chi connectivity index (χ0v) is 7.80. The van der Waals surface area contributed by atoms with Crippen LogP contribution >= 0.6 is 0 Å². The lowest BCUT2D eigenvalue weighted by Crippen LogP contribution is -2.30. The van der Waals surface area contributed by atoms with Crippen molar-refractivity contribution in [1.29, 1.82) is 0 Å². The zero-order chi connectivity index (χ0) is 11.0. The third-order valence-corrected chi connectivity index (χ3v) is 1.85. The lowest BCUT2D eigenvalue weighted by molar-refractivity contribution is -0.140. The van der Waals surface area contributed by atoms with Crippen molar-refractivity contribution in [3.63, 3.8) is 0 Å². The second-order valence-corrected chi connectivity index (χ2v) is 2.99. The Hall–Kier alpha value is -2.25. The van der Waals surface area contributed by atoms with Crippen LogP contribution in [0, 0.1) is 0 Å². The molecule has 0 aliphatic carbocycles. The quantitative estimate of drug-likeness (QED) is 0.467. The summed E-state index contributed by atoms with van der Waals surface area (Å²) in [5.41, 5.74) is 0. The first-order chi connectivity index (χ1) is 7.08. The third-order valence-electron chi connectivity index (χ3n) is 1.85. The number of carbonyl (C=O) groups is 3. The predicted molar refractivity (Wildman–Crippen MR) is 45.1 cm³/mol. The van der Waals surface area contributed by atoms with Gasteiger partial charge in [0.05, 0.1) is 6.54 Å². The highest BCUT2D eigenvalue weighted by Crippen LogP contribution is 2.04. The van der Waals surface area contributed by atoms with Gasteiger partial charge in [0, 0.05) is 7.05 Å². The van der Waals surface area contributed by atoms with Crippen molar-refractivity contribution >= 4 is 17.8 Å². The summed E-state index contributed by atoms with van der Waals surface area (Å²) in [5, 5.41) is 5.77. The van der Waals surface area contributed by atoms with E-state index in [1.54, 1.807) is 7.05 Å². The number of nitrogens with one attached hydrogen (secondary N) is 1. The number of nitrogens with zero attached hydrogens (tertiary/aromatic N) is 4. The smallest absolute Gasteiger partial charge is 0.269 e. The van der Waals surface area contributed by atoms with Crippen LogP contribution in [0.4, 0.5) is 4.79 Å². The van der Waals surface area contributed by atoms with Gasteiger partial charge in [0.25, 0.3) is 0 Å². The fourth-order valence-electron chi connectivity index (χ4n) is 1.17. The number of aromatic nitrogens is 3. The van der Waals surface area contributed by atoms with Crippen molar-refractivity contribution in [3.8, 4) is 0 Å². The monoisotopic (exact) mass is 209 g/mol. The molecule has 1 N–H and O–H groups in total. The molecule has 1 aromatic rings. The van der Waals surface area contributed by atoms with Crippen molar-refractivity contribution in [3.05, 3.63) is 12.2 Å². The molecule has 0 radical (unpaired) electrons. The van der Waals surface area contributed by atoms with E-state index >= 15 is 0 Å². The molecule has 0 spiro atoms. The van der Waals surface area contributed by atoms with E-state index in [9.17, 15) is 14.4 Å². The zero-order valence-electron chi connectivity index (χ0n) is 7.80. The van der Waals surface area contributed by atoms with Gasteiger partial charge in [-0.1, -0.05) is 0 Å². The number of aryl methyl sites for hydroxylation is 1. The number of urea groups is 1. The number of amides is 4. The number of rotatable bonds is 2. The van der Waals surface area contributed by atoms with Gasteiger partial charge in [0.1, 0.15) is 6.33 Å². The maximum Gasteiger partial charge on any atom is 0.331 e. The van der Waals surface area contributed by atoms with Crippen molar-refractivity contribution < 1.29 is 14.4 Å². The summed E-state index contributed by atoms with van der Waals surface area (Å²) in [7, 11) is 1.66. The molecule has 1 aliphatic rings. The van der Waals surface area contributed by atoms with Gasteiger partial charge in [-0.3, -0.25) is 19.6 Å². The van der Waals surface area contributed by atoms with E-state index in [2.05, 4.69) is 10.1 Å². The minimum atomic E-state index is -0.920. The van der Waals surface area contributed by atoms with E-state index in [1.807, 2.05) is 5.32 Å². The number of imide groups is 2. The Balaban J connectivity index is 2.16. The standard InChI is InChI=1S/C7H7N5O3/c1-11-3-8-4(10-11)2-12-6(14)5(13)9-7(12)15/h3H,2H2,1H3,(H,9,13,15). The van der Waals surface area contributed by atoms with E-state index in [0.29, 0.717) is 5.82 Å². The summed E-state index contributed by atoms with van der Waals surface area (Å²) < 4.78 is 1.44. The molecule has 1 saturated heterocycles. The molecule has 78 valence electrons. The highest BCUT2D eigenvalue weighted by atomic mass is 16.2. The van der Waals surface area contributed by atoms with E-state index < -0.39 is 17.8 Å². The van der Waals surface area contributed by atoms with Gasteiger partial charge in [-0.05, 0) is 0 Å². The lowest BCUT2D eigenvalue weighted by atomic mass is 10.5. The van der Waals surface area contributed by atoms with Gasteiger partial charge in [-0.15, -0.1) is 0 Å². The molecule has 0 unspecified atom stereocenters. The molecular formula is C7H7N5O3. The third kappa shape index (κ3) is 1.56. The van der Waals surface area contributed by atoms with Crippen molar-refractivity contribution in [2.45, 2.75) is 6.54 Å². The van der Waals surface area contributed by atoms with E-state index in [4.69, 9.17) is 0 Å². The Labute approximate surface area is 83.9 Å². The van der Waals surface area contributed by atoms with Gasteiger partial charge >= 0.3 is 17.8 Å². The number of carbonyl (C=O) groups excluding carboxylic acids is 3. The molecule has 0 saturated carbocycles. The summed E-state index contributed by atoms with van der Waals surface area (Å²) in [4.78, 5) is 37.7. The molecule has 0 bridgehead atoms. The Kier molecular flexibility index (Phi) is 1.96. The molecule has 15 heavy (non-hydrogen) atoms. The van der Waals surface area contributed by atoms with Crippen LogP contribution < -0.4 is 5.32 Å². The second kappa shape index (κ2) is 3.15. The minimum absolute atomic E-state index is 0.1000. The summed E-state index contributed by atoms with van der Waals surface area (Å²) in [6.07, 6.45) is 1.44. The maximum atomic E-state index is 11.2. The molecule has 0 aromatic carbocycles. The predicted octanol–water partition coefficient (Wildman–Crippen LogP) is -1.61. The topological polar surface area (TPSA) is 97.2 Å². The van der Waals surface area contributed by atoms with Gasteiger partial charge in [-0.25, -0.2) is 14.7 Å². The summed E-state index contributed by atoms with van der Waals surface area (Å²) in [6.45, 7) is -0.1000. The van der Waals surface area contributed by atoms with Gasteiger partial charge < -0.3 is 0 Å². The Morgan fingerprint density at radius 1 is 1.40 bits per heavy atom. The van der Waals surface area contributed by atoms with Crippen LogP contribution in [0.3, 0.4) is 0 Å². The van der Waals surface area contributed by atoms with Crippen LogP contribution in [-0.2, 0) is 23.2 Å². The van der Waals surface area contributed by atoms with E-state index in [-0.39, 0.29) is 6.54 Å². The van der Waals surface area contributed by atoms with Gasteiger partial charge in [0.2, 0.25) is 0 Å². The highest BCUT2D eigenvalue weighted by Gasteiger charge is 2.37. The molecule has 0 atom stereocenters. The SMILES string of the molecule is Cn1cnc(CN2C(=O)NC(=O)C2=O)n1. The van der Waals surface area contributed by atoms with Crippen LogP contribution in [0.1, 0.15) is 5.82 Å². The molecular weight excluding hydrogens is 202 g/mol. The average molecular weight is 209 g/mol. The maximum absolute atomic E-state index is 11.2. The van der Waals surface area contributed by atoms with Crippen molar-refractivity contribution in [2.24, 2.45) is 7.05 Å². The molecule has 1 fully saturated rings. The highest BCUT2D eigenvalue weighted by molar-refractivity contribution is 6.44. The van der Waals surface area contributed by atoms with Crippen LogP contribution in [0.2, 0.25) is 0 Å². The van der Waals surface area contributed by atoms with Crippen molar-refractivity contribution in [2.75, 3.05) is 0 Å². The molecule has 8 nitrogen and oxygen atoms in total. The van der Waals surface area contributed by atoms with Crippen LogP contribution in [0.15, 0.2) is 6.33 Å². The normalized spacial score (nSPS) is 16.1. The molecule has 1 aliphatic heterocycles. The van der Waals surface area contributed by atoms with E-state index in [1.165, 1.54) is 11.0 Å². The van der Waals surface area contributed by atoms with Crippen LogP contribution in [-0.4, -0.2) is 37.5 Å². The van der Waals surface area contributed by atoms with E-state index in [0.717, 1.165) is 4.90 Å². The molecule has 2 rings (SSSR count). The lowest BCUT2D eigenvalue weighted by Gasteiger charge is -2.07. The molecule has 8 heteroatoms. The second-order valence-electron chi connectivity index (χ2n) is 2.99. The minimum Gasteiger partial charge on any atom is -0.269 e. The van der Waals surface area contributed by atoms with Gasteiger partial charge in [-0.2, -0.15) is 5.10 Å². The van der Waals surface area contributed by atoms with Crippen molar-refractivity contribution in [1.82, 2.24) is 25.0 Å². The first kappa shape index (κ1) is 9.31. The van der Waals surface area contributed by atoms with Crippen LogP contribution in [0.25, 0.3) is 0 Å². The fraction of sp³-hybridized carbons (Fsp3) is 0.286. The molecule has 2 heterocycles. The Bertz CT molecular complexity index is 451. The fourth-order valence-corrected chi connectivity index (χ4v) is 1.17. The van der Waals surface area contributed by atoms with Crippen LogP contribution in [0.5, 0.6) is 0 Å². The average Bonchev–Trinajstić information content (AvgIpc) is 2.67. The number of hydrogen-bond acceptors (Lipinski definition) is 5. The summed E-state index contributed by atoms with van der Waals surface area (Å²) in [6, 6.07) is -0.738. The number of hydrogen-bond donors (Lipinski definition) is 1. The molecule has 1 aromatic heterocycles.